The van der Waals surface area contributed by atoms with Crippen LogP contribution in [0.4, 0.5) is 11.6 Å². The highest BCUT2D eigenvalue weighted by Gasteiger charge is 2.16. The minimum atomic E-state index is -0.267. The number of aromatic nitrogens is 3. The van der Waals surface area contributed by atoms with Gasteiger partial charge < -0.3 is 10.2 Å². The van der Waals surface area contributed by atoms with E-state index in [4.69, 9.17) is 0 Å². The normalized spacial score (nSPS) is 10.4. The van der Waals surface area contributed by atoms with Crippen LogP contribution in [0.15, 0.2) is 97.3 Å². The summed E-state index contributed by atoms with van der Waals surface area (Å²) in [4.78, 5) is 27.8. The Morgan fingerprint density at radius 3 is 2.27 bits per heavy atom. The molecule has 0 radical (unpaired) electrons. The molecule has 0 fully saturated rings. The summed E-state index contributed by atoms with van der Waals surface area (Å²) in [7, 11) is 0. The SMILES string of the molecule is O=C(NCc1ccccn1)c1ccnc(N(Cc2ccccc2)c2ccccc2)n1. The zero-order valence-electron chi connectivity index (χ0n) is 16.3. The Balaban J connectivity index is 1.57. The molecule has 0 aliphatic rings. The van der Waals surface area contributed by atoms with Crippen LogP contribution in [0.2, 0.25) is 0 Å². The van der Waals surface area contributed by atoms with Crippen LogP contribution < -0.4 is 10.2 Å². The van der Waals surface area contributed by atoms with Crippen LogP contribution in [0.5, 0.6) is 0 Å². The number of carbonyl (C=O) groups excluding carboxylic acids is 1. The maximum absolute atomic E-state index is 12.6. The fourth-order valence-electron chi connectivity index (χ4n) is 3.02. The summed E-state index contributed by atoms with van der Waals surface area (Å²) in [6.45, 7) is 0.926. The predicted octanol–water partition coefficient (Wildman–Crippen LogP) is 4.14. The Bertz CT molecular complexity index is 1090. The van der Waals surface area contributed by atoms with E-state index in [9.17, 15) is 4.79 Å². The Morgan fingerprint density at radius 1 is 0.800 bits per heavy atom. The molecule has 0 atom stereocenters. The number of nitrogens with zero attached hydrogens (tertiary/aromatic N) is 4. The summed E-state index contributed by atoms with van der Waals surface area (Å²) < 4.78 is 0. The molecule has 4 aromatic rings. The van der Waals surface area contributed by atoms with E-state index in [0.29, 0.717) is 24.7 Å². The molecule has 0 aliphatic heterocycles. The van der Waals surface area contributed by atoms with Crippen molar-refractivity contribution in [1.29, 1.82) is 0 Å². The van der Waals surface area contributed by atoms with Gasteiger partial charge in [-0.3, -0.25) is 9.78 Å². The van der Waals surface area contributed by atoms with E-state index in [0.717, 1.165) is 16.9 Å². The van der Waals surface area contributed by atoms with E-state index in [1.165, 1.54) is 0 Å². The molecular formula is C24H21N5O. The van der Waals surface area contributed by atoms with Gasteiger partial charge >= 0.3 is 0 Å². The second-order valence-electron chi connectivity index (χ2n) is 6.65. The molecule has 1 amide bonds. The molecule has 2 aromatic heterocycles. The van der Waals surface area contributed by atoms with E-state index >= 15 is 0 Å². The Labute approximate surface area is 175 Å². The molecule has 0 saturated heterocycles. The monoisotopic (exact) mass is 395 g/mol. The van der Waals surface area contributed by atoms with Gasteiger partial charge in [-0.1, -0.05) is 54.6 Å². The molecule has 4 rings (SSSR count). The van der Waals surface area contributed by atoms with Crippen LogP contribution in [0.25, 0.3) is 0 Å². The van der Waals surface area contributed by atoms with E-state index in [1.54, 1.807) is 18.5 Å². The molecule has 148 valence electrons. The van der Waals surface area contributed by atoms with Crippen LogP contribution in [0.3, 0.4) is 0 Å². The molecular weight excluding hydrogens is 374 g/mol. The van der Waals surface area contributed by atoms with Crippen LogP contribution in [0, 0.1) is 0 Å². The van der Waals surface area contributed by atoms with Crippen LogP contribution in [-0.4, -0.2) is 20.9 Å². The number of pyridine rings is 1. The van der Waals surface area contributed by atoms with Crippen LogP contribution >= 0.6 is 0 Å². The summed E-state index contributed by atoms with van der Waals surface area (Å²) in [6, 6.07) is 27.2. The summed E-state index contributed by atoms with van der Waals surface area (Å²) >= 11 is 0. The average molecular weight is 395 g/mol. The van der Waals surface area contributed by atoms with E-state index in [-0.39, 0.29) is 5.91 Å². The van der Waals surface area contributed by atoms with Gasteiger partial charge in [0.05, 0.1) is 18.8 Å². The molecule has 0 aliphatic carbocycles. The molecule has 1 N–H and O–H groups in total. The Hall–Kier alpha value is -4.06. The fraction of sp³-hybridized carbons (Fsp3) is 0.0833. The first-order chi connectivity index (χ1) is 14.8. The van der Waals surface area contributed by atoms with Gasteiger partial charge in [0.15, 0.2) is 0 Å². The van der Waals surface area contributed by atoms with Crippen molar-refractivity contribution in [2.24, 2.45) is 0 Å². The lowest BCUT2D eigenvalue weighted by Gasteiger charge is -2.23. The van der Waals surface area contributed by atoms with Crippen molar-refractivity contribution in [2.75, 3.05) is 4.90 Å². The number of anilines is 2. The molecule has 2 aromatic carbocycles. The number of hydrogen-bond donors (Lipinski definition) is 1. The van der Waals surface area contributed by atoms with Gasteiger partial charge in [-0.05, 0) is 35.9 Å². The first kappa shape index (κ1) is 19.3. The predicted molar refractivity (Wildman–Crippen MR) is 116 cm³/mol. The van der Waals surface area contributed by atoms with Crippen molar-refractivity contribution in [3.63, 3.8) is 0 Å². The topological polar surface area (TPSA) is 71.0 Å². The highest BCUT2D eigenvalue weighted by molar-refractivity contribution is 5.92. The molecule has 6 heteroatoms. The lowest BCUT2D eigenvalue weighted by molar-refractivity contribution is 0.0945. The highest BCUT2D eigenvalue weighted by Crippen LogP contribution is 2.24. The summed E-state index contributed by atoms with van der Waals surface area (Å²) in [5, 5.41) is 2.86. The second-order valence-corrected chi connectivity index (χ2v) is 6.65. The smallest absolute Gasteiger partial charge is 0.270 e. The quantitative estimate of drug-likeness (QED) is 0.509. The molecule has 6 nitrogen and oxygen atoms in total. The molecule has 0 saturated carbocycles. The van der Waals surface area contributed by atoms with E-state index in [2.05, 4.69) is 32.4 Å². The first-order valence-electron chi connectivity index (χ1n) is 9.67. The molecule has 0 bridgehead atoms. The van der Waals surface area contributed by atoms with E-state index < -0.39 is 0 Å². The van der Waals surface area contributed by atoms with E-state index in [1.807, 2.05) is 71.6 Å². The Kier molecular flexibility index (Phi) is 6.05. The van der Waals surface area contributed by atoms with Crippen molar-refractivity contribution in [1.82, 2.24) is 20.3 Å². The van der Waals surface area contributed by atoms with Gasteiger partial charge in [0, 0.05) is 18.1 Å². The van der Waals surface area contributed by atoms with Crippen LogP contribution in [-0.2, 0) is 13.1 Å². The van der Waals surface area contributed by atoms with Gasteiger partial charge in [0.25, 0.3) is 5.91 Å². The van der Waals surface area contributed by atoms with Crippen molar-refractivity contribution in [3.05, 3.63) is 114 Å². The van der Waals surface area contributed by atoms with Gasteiger partial charge in [0.2, 0.25) is 5.95 Å². The third-order valence-electron chi connectivity index (χ3n) is 4.52. The minimum Gasteiger partial charge on any atom is -0.345 e. The number of amides is 1. The molecule has 0 unspecified atom stereocenters. The molecule has 30 heavy (non-hydrogen) atoms. The lowest BCUT2D eigenvalue weighted by Crippen LogP contribution is -2.26. The second kappa shape index (κ2) is 9.43. The maximum Gasteiger partial charge on any atom is 0.270 e. The zero-order valence-corrected chi connectivity index (χ0v) is 16.3. The number of benzene rings is 2. The number of para-hydroxylation sites is 1. The van der Waals surface area contributed by atoms with Crippen molar-refractivity contribution < 1.29 is 4.79 Å². The Morgan fingerprint density at radius 2 is 1.53 bits per heavy atom. The summed E-state index contributed by atoms with van der Waals surface area (Å²) in [5.74, 6) is 0.201. The van der Waals surface area contributed by atoms with Gasteiger partial charge in [-0.25, -0.2) is 9.97 Å². The van der Waals surface area contributed by atoms with Crippen molar-refractivity contribution >= 4 is 17.5 Å². The summed E-state index contributed by atoms with van der Waals surface area (Å²) in [5.41, 5.74) is 3.17. The lowest BCUT2D eigenvalue weighted by atomic mass is 10.2. The third-order valence-corrected chi connectivity index (χ3v) is 4.52. The zero-order chi connectivity index (χ0) is 20.6. The summed E-state index contributed by atoms with van der Waals surface area (Å²) in [6.07, 6.45) is 3.31. The minimum absolute atomic E-state index is 0.267. The highest BCUT2D eigenvalue weighted by atomic mass is 16.1. The van der Waals surface area contributed by atoms with Gasteiger partial charge in [-0.15, -0.1) is 0 Å². The van der Waals surface area contributed by atoms with Gasteiger partial charge in [-0.2, -0.15) is 0 Å². The molecule has 0 spiro atoms. The van der Waals surface area contributed by atoms with Crippen LogP contribution in [0.1, 0.15) is 21.7 Å². The average Bonchev–Trinajstić information content (AvgIpc) is 2.83. The number of nitrogens with one attached hydrogen (secondary N) is 1. The van der Waals surface area contributed by atoms with Crippen molar-refractivity contribution in [3.8, 4) is 0 Å². The number of carbonyl (C=O) groups is 1. The largest absolute Gasteiger partial charge is 0.345 e. The molecule has 2 heterocycles. The van der Waals surface area contributed by atoms with Gasteiger partial charge in [0.1, 0.15) is 5.69 Å². The fourth-order valence-corrected chi connectivity index (χ4v) is 3.02. The van der Waals surface area contributed by atoms with Crippen molar-refractivity contribution in [2.45, 2.75) is 13.1 Å². The maximum atomic E-state index is 12.6. The standard InChI is InChI=1S/C24H21N5O/c30-23(27-17-20-11-7-8-15-25-20)22-14-16-26-24(28-22)29(21-12-5-2-6-13-21)18-19-9-3-1-4-10-19/h1-16H,17-18H2,(H,27,30). The number of rotatable bonds is 7. The first-order valence-corrected chi connectivity index (χ1v) is 9.67. The number of hydrogen-bond acceptors (Lipinski definition) is 5. The third kappa shape index (κ3) is 4.86.